The Kier molecular flexibility index (Phi) is 6.65. The van der Waals surface area contributed by atoms with Crippen molar-refractivity contribution in [2.24, 2.45) is 0 Å². The summed E-state index contributed by atoms with van der Waals surface area (Å²) in [6.45, 7) is 5.11. The number of hydrogen-bond acceptors (Lipinski definition) is 3. The first-order chi connectivity index (χ1) is 8.65. The van der Waals surface area contributed by atoms with Crippen molar-refractivity contribution in [1.29, 1.82) is 0 Å². The highest BCUT2D eigenvalue weighted by Gasteiger charge is 2.27. The summed E-state index contributed by atoms with van der Waals surface area (Å²) in [7, 11) is 0. The summed E-state index contributed by atoms with van der Waals surface area (Å²) in [5.74, 6) is 0.0696. The third-order valence-corrected chi connectivity index (χ3v) is 4.19. The molecule has 0 bridgehead atoms. The topological polar surface area (TPSA) is 61.4 Å². The molecular formula is C14H28N2O2. The highest BCUT2D eigenvalue weighted by Crippen LogP contribution is 2.16. The summed E-state index contributed by atoms with van der Waals surface area (Å²) in [6, 6.07) is 0.497. The quantitative estimate of drug-likeness (QED) is 0.648. The van der Waals surface area contributed by atoms with Crippen molar-refractivity contribution in [2.45, 2.75) is 70.4 Å². The molecule has 1 heterocycles. The first-order valence-corrected chi connectivity index (χ1v) is 7.31. The highest BCUT2D eigenvalue weighted by molar-refractivity contribution is 5.76. The molecule has 1 aliphatic heterocycles. The Morgan fingerprint density at radius 1 is 1.39 bits per heavy atom. The third kappa shape index (κ3) is 4.58. The van der Waals surface area contributed by atoms with Gasteiger partial charge in [-0.25, -0.2) is 0 Å². The van der Waals surface area contributed by atoms with Gasteiger partial charge in [-0.1, -0.05) is 20.3 Å². The van der Waals surface area contributed by atoms with Gasteiger partial charge in [-0.3, -0.25) is 4.79 Å². The number of rotatable bonds is 7. The normalized spacial score (nSPS) is 20.7. The number of aliphatic hydroxyl groups is 1. The van der Waals surface area contributed by atoms with E-state index < -0.39 is 5.54 Å². The van der Waals surface area contributed by atoms with Gasteiger partial charge in [-0.2, -0.15) is 0 Å². The second kappa shape index (κ2) is 7.74. The van der Waals surface area contributed by atoms with Crippen LogP contribution in [0.4, 0.5) is 0 Å². The molecule has 0 radical (unpaired) electrons. The lowest BCUT2D eigenvalue weighted by molar-refractivity contribution is -0.124. The summed E-state index contributed by atoms with van der Waals surface area (Å²) in [5, 5.41) is 15.9. The van der Waals surface area contributed by atoms with E-state index in [2.05, 4.69) is 10.6 Å². The van der Waals surface area contributed by atoms with E-state index in [4.69, 9.17) is 0 Å². The fourth-order valence-electron chi connectivity index (χ4n) is 2.52. The SMILES string of the molecule is CCC(CC)(CO)NC(=O)CCC1CCCCN1. The second-order valence-electron chi connectivity index (χ2n) is 5.38. The standard InChI is InChI=1S/C14H28N2O2/c1-3-14(4-2,11-17)16-13(18)9-8-12-7-5-6-10-15-12/h12,15,17H,3-11H2,1-2H3,(H,16,18). The van der Waals surface area contributed by atoms with Crippen LogP contribution in [0.1, 0.15) is 58.8 Å². The number of nitrogens with one attached hydrogen (secondary N) is 2. The maximum atomic E-state index is 11.9. The average Bonchev–Trinajstić information content (AvgIpc) is 2.44. The van der Waals surface area contributed by atoms with Crippen molar-refractivity contribution >= 4 is 5.91 Å². The van der Waals surface area contributed by atoms with Gasteiger partial charge in [0.05, 0.1) is 12.1 Å². The molecule has 0 spiro atoms. The fraction of sp³-hybridized carbons (Fsp3) is 0.929. The Balaban J connectivity index is 2.31. The molecule has 106 valence electrons. The van der Waals surface area contributed by atoms with Crippen LogP contribution >= 0.6 is 0 Å². The van der Waals surface area contributed by atoms with Gasteiger partial charge in [0.2, 0.25) is 5.91 Å². The molecular weight excluding hydrogens is 228 g/mol. The molecule has 1 atom stereocenters. The molecule has 4 nitrogen and oxygen atoms in total. The Hall–Kier alpha value is -0.610. The Labute approximate surface area is 111 Å². The van der Waals surface area contributed by atoms with Crippen LogP contribution in [0.3, 0.4) is 0 Å². The molecule has 1 rings (SSSR count). The molecule has 1 amide bonds. The molecule has 0 aromatic rings. The van der Waals surface area contributed by atoms with E-state index in [-0.39, 0.29) is 12.5 Å². The van der Waals surface area contributed by atoms with E-state index in [1.807, 2.05) is 13.8 Å². The lowest BCUT2D eigenvalue weighted by Crippen LogP contribution is -2.50. The Morgan fingerprint density at radius 2 is 2.11 bits per heavy atom. The zero-order chi connectivity index (χ0) is 13.4. The van der Waals surface area contributed by atoms with E-state index in [0.29, 0.717) is 12.5 Å². The van der Waals surface area contributed by atoms with E-state index in [1.54, 1.807) is 0 Å². The van der Waals surface area contributed by atoms with Crippen molar-refractivity contribution in [3.8, 4) is 0 Å². The summed E-state index contributed by atoms with van der Waals surface area (Å²) >= 11 is 0. The van der Waals surface area contributed by atoms with E-state index in [0.717, 1.165) is 25.8 Å². The summed E-state index contributed by atoms with van der Waals surface area (Å²) in [4.78, 5) is 11.9. The maximum Gasteiger partial charge on any atom is 0.220 e. The van der Waals surface area contributed by atoms with Crippen LogP contribution in [0, 0.1) is 0 Å². The molecule has 0 saturated carbocycles. The van der Waals surface area contributed by atoms with Gasteiger partial charge in [-0.15, -0.1) is 0 Å². The molecule has 0 aliphatic carbocycles. The molecule has 0 aromatic heterocycles. The minimum absolute atomic E-state index is 0.0212. The highest BCUT2D eigenvalue weighted by atomic mass is 16.3. The second-order valence-corrected chi connectivity index (χ2v) is 5.38. The molecule has 1 aliphatic rings. The van der Waals surface area contributed by atoms with E-state index in [9.17, 15) is 9.90 Å². The minimum atomic E-state index is -0.420. The van der Waals surface area contributed by atoms with Gasteiger partial charge in [0.15, 0.2) is 0 Å². The van der Waals surface area contributed by atoms with Crippen molar-refractivity contribution in [3.05, 3.63) is 0 Å². The van der Waals surface area contributed by atoms with Crippen LogP contribution in [0.5, 0.6) is 0 Å². The molecule has 1 saturated heterocycles. The van der Waals surface area contributed by atoms with Crippen LogP contribution in [0.2, 0.25) is 0 Å². The third-order valence-electron chi connectivity index (χ3n) is 4.19. The van der Waals surface area contributed by atoms with Crippen LogP contribution < -0.4 is 10.6 Å². The first-order valence-electron chi connectivity index (χ1n) is 7.31. The zero-order valence-electron chi connectivity index (χ0n) is 11.8. The van der Waals surface area contributed by atoms with Crippen LogP contribution in [-0.2, 0) is 4.79 Å². The van der Waals surface area contributed by atoms with Gasteiger partial charge < -0.3 is 15.7 Å². The van der Waals surface area contributed by atoms with Crippen molar-refractivity contribution in [3.63, 3.8) is 0 Å². The van der Waals surface area contributed by atoms with Crippen molar-refractivity contribution < 1.29 is 9.90 Å². The maximum absolute atomic E-state index is 11.9. The number of carbonyl (C=O) groups is 1. The lowest BCUT2D eigenvalue weighted by Gasteiger charge is -2.31. The lowest BCUT2D eigenvalue weighted by atomic mass is 9.93. The fourth-order valence-corrected chi connectivity index (χ4v) is 2.52. The van der Waals surface area contributed by atoms with Gasteiger partial charge >= 0.3 is 0 Å². The van der Waals surface area contributed by atoms with Gasteiger partial charge in [0, 0.05) is 12.5 Å². The molecule has 4 heteroatoms. The van der Waals surface area contributed by atoms with Gasteiger partial charge in [0.25, 0.3) is 0 Å². The average molecular weight is 256 g/mol. The summed E-state index contributed by atoms with van der Waals surface area (Å²) < 4.78 is 0. The molecule has 1 fully saturated rings. The number of carbonyl (C=O) groups excluding carboxylic acids is 1. The van der Waals surface area contributed by atoms with Gasteiger partial charge in [-0.05, 0) is 38.6 Å². The zero-order valence-corrected chi connectivity index (χ0v) is 11.8. The minimum Gasteiger partial charge on any atom is -0.394 e. The summed E-state index contributed by atoms with van der Waals surface area (Å²) in [5.41, 5.74) is -0.420. The van der Waals surface area contributed by atoms with Gasteiger partial charge in [0.1, 0.15) is 0 Å². The van der Waals surface area contributed by atoms with E-state index >= 15 is 0 Å². The first kappa shape index (κ1) is 15.4. The Bertz CT molecular complexity index is 238. The van der Waals surface area contributed by atoms with Crippen LogP contribution in [-0.4, -0.2) is 35.7 Å². The number of amides is 1. The smallest absolute Gasteiger partial charge is 0.220 e. The van der Waals surface area contributed by atoms with Crippen LogP contribution in [0.25, 0.3) is 0 Å². The number of hydrogen-bond donors (Lipinski definition) is 3. The monoisotopic (exact) mass is 256 g/mol. The van der Waals surface area contributed by atoms with Crippen molar-refractivity contribution in [2.75, 3.05) is 13.2 Å². The number of piperidine rings is 1. The summed E-state index contributed by atoms with van der Waals surface area (Å²) in [6.07, 6.45) is 6.70. The number of aliphatic hydroxyl groups excluding tert-OH is 1. The Morgan fingerprint density at radius 3 is 2.61 bits per heavy atom. The molecule has 3 N–H and O–H groups in total. The molecule has 0 aromatic carbocycles. The predicted molar refractivity (Wildman–Crippen MR) is 73.4 cm³/mol. The molecule has 1 unspecified atom stereocenters. The largest absolute Gasteiger partial charge is 0.394 e. The van der Waals surface area contributed by atoms with Crippen molar-refractivity contribution in [1.82, 2.24) is 10.6 Å². The van der Waals surface area contributed by atoms with Crippen LogP contribution in [0.15, 0.2) is 0 Å². The molecule has 18 heavy (non-hydrogen) atoms. The predicted octanol–water partition coefficient (Wildman–Crippen LogP) is 1.58. The van der Waals surface area contributed by atoms with E-state index in [1.165, 1.54) is 19.3 Å².